The summed E-state index contributed by atoms with van der Waals surface area (Å²) in [6, 6.07) is 2.96. The van der Waals surface area contributed by atoms with E-state index in [4.69, 9.17) is 10.5 Å². The molecule has 1 aromatic carbocycles. The topological polar surface area (TPSA) is 64.3 Å². The molecule has 4 nitrogen and oxygen atoms in total. The number of amides is 1. The minimum Gasteiger partial charge on any atom is -0.491 e. The number of benzene rings is 1. The van der Waals surface area contributed by atoms with E-state index in [9.17, 15) is 13.6 Å². The van der Waals surface area contributed by atoms with Crippen molar-refractivity contribution in [1.29, 1.82) is 0 Å². The van der Waals surface area contributed by atoms with E-state index in [0.717, 1.165) is 31.0 Å². The van der Waals surface area contributed by atoms with Gasteiger partial charge in [0.25, 0.3) is 0 Å². The minimum atomic E-state index is -1.00. The van der Waals surface area contributed by atoms with E-state index < -0.39 is 23.1 Å². The standard InChI is InChI=1S/C15H20F2N2O2/c1-9(2)19-15(14(18)20,10-3-4-10)8-21-13-6-11(16)5-12(17)7-13/h5-7,9-10,19H,3-4,8H2,1-2H3,(H2,18,20). The van der Waals surface area contributed by atoms with Crippen molar-refractivity contribution in [3.8, 4) is 5.75 Å². The van der Waals surface area contributed by atoms with Crippen molar-refractivity contribution in [3.05, 3.63) is 29.8 Å². The van der Waals surface area contributed by atoms with E-state index in [2.05, 4.69) is 5.32 Å². The molecule has 0 bridgehead atoms. The average Bonchev–Trinajstić information content (AvgIpc) is 3.16. The Labute approximate surface area is 122 Å². The molecule has 1 unspecified atom stereocenters. The average molecular weight is 298 g/mol. The van der Waals surface area contributed by atoms with Crippen LogP contribution in [0.1, 0.15) is 26.7 Å². The number of rotatable bonds is 7. The lowest BCUT2D eigenvalue weighted by Crippen LogP contribution is -2.62. The van der Waals surface area contributed by atoms with Gasteiger partial charge >= 0.3 is 0 Å². The molecule has 2 rings (SSSR count). The Bertz CT molecular complexity index is 512. The summed E-state index contributed by atoms with van der Waals surface area (Å²) >= 11 is 0. The van der Waals surface area contributed by atoms with Crippen LogP contribution in [-0.4, -0.2) is 24.1 Å². The molecule has 0 radical (unpaired) electrons. The Balaban J connectivity index is 2.16. The number of nitrogens with one attached hydrogen (secondary N) is 1. The van der Waals surface area contributed by atoms with E-state index in [-0.39, 0.29) is 24.3 Å². The zero-order valence-corrected chi connectivity index (χ0v) is 12.2. The van der Waals surface area contributed by atoms with Gasteiger partial charge in [-0.05, 0) is 32.6 Å². The van der Waals surface area contributed by atoms with E-state index in [1.807, 2.05) is 13.8 Å². The quantitative estimate of drug-likeness (QED) is 0.809. The summed E-state index contributed by atoms with van der Waals surface area (Å²) in [5.41, 5.74) is 4.55. The predicted molar refractivity (Wildman–Crippen MR) is 74.8 cm³/mol. The van der Waals surface area contributed by atoms with Crippen molar-refractivity contribution in [3.63, 3.8) is 0 Å². The second-order valence-electron chi connectivity index (χ2n) is 5.80. The van der Waals surface area contributed by atoms with Crippen LogP contribution in [0.3, 0.4) is 0 Å². The van der Waals surface area contributed by atoms with E-state index in [1.165, 1.54) is 0 Å². The smallest absolute Gasteiger partial charge is 0.241 e. The third-order valence-corrected chi connectivity index (χ3v) is 3.56. The highest BCUT2D eigenvalue weighted by Crippen LogP contribution is 2.40. The van der Waals surface area contributed by atoms with Crippen LogP contribution in [0, 0.1) is 17.6 Å². The normalized spacial score (nSPS) is 17.6. The summed E-state index contributed by atoms with van der Waals surface area (Å²) in [6.07, 6.45) is 1.76. The maximum absolute atomic E-state index is 13.2. The Morgan fingerprint density at radius 2 is 1.95 bits per heavy atom. The van der Waals surface area contributed by atoms with Crippen LogP contribution in [0.25, 0.3) is 0 Å². The number of halogens is 2. The molecule has 1 fully saturated rings. The lowest BCUT2D eigenvalue weighted by atomic mass is 9.92. The van der Waals surface area contributed by atoms with Gasteiger partial charge in [-0.25, -0.2) is 8.78 Å². The first-order chi connectivity index (χ1) is 9.83. The molecule has 0 saturated heterocycles. The maximum Gasteiger partial charge on any atom is 0.241 e. The zero-order valence-electron chi connectivity index (χ0n) is 12.2. The number of primary amides is 1. The lowest BCUT2D eigenvalue weighted by Gasteiger charge is -2.33. The first-order valence-corrected chi connectivity index (χ1v) is 7.00. The SMILES string of the molecule is CC(C)NC(COc1cc(F)cc(F)c1)(C(N)=O)C1CC1. The second-order valence-corrected chi connectivity index (χ2v) is 5.80. The summed E-state index contributed by atoms with van der Waals surface area (Å²) < 4.78 is 31.8. The molecule has 21 heavy (non-hydrogen) atoms. The van der Waals surface area contributed by atoms with Gasteiger partial charge < -0.3 is 10.5 Å². The van der Waals surface area contributed by atoms with Crippen molar-refractivity contribution in [2.24, 2.45) is 11.7 Å². The molecule has 1 amide bonds. The highest BCUT2D eigenvalue weighted by molar-refractivity contribution is 5.86. The number of carbonyl (C=O) groups is 1. The van der Waals surface area contributed by atoms with Crippen LogP contribution in [0.2, 0.25) is 0 Å². The fourth-order valence-corrected chi connectivity index (χ4v) is 2.52. The fraction of sp³-hybridized carbons (Fsp3) is 0.533. The van der Waals surface area contributed by atoms with Gasteiger partial charge in [-0.1, -0.05) is 0 Å². The highest BCUT2D eigenvalue weighted by atomic mass is 19.1. The van der Waals surface area contributed by atoms with Crippen LogP contribution in [-0.2, 0) is 4.79 Å². The van der Waals surface area contributed by atoms with Crippen LogP contribution in [0.15, 0.2) is 18.2 Å². The molecule has 1 aromatic rings. The number of hydrogen-bond acceptors (Lipinski definition) is 3. The summed E-state index contributed by atoms with van der Waals surface area (Å²) in [4.78, 5) is 11.9. The van der Waals surface area contributed by atoms with Gasteiger partial charge in [0.2, 0.25) is 5.91 Å². The number of ether oxygens (including phenoxy) is 1. The summed E-state index contributed by atoms with van der Waals surface area (Å²) in [5, 5.41) is 3.17. The first-order valence-electron chi connectivity index (χ1n) is 7.00. The van der Waals surface area contributed by atoms with E-state index in [0.29, 0.717) is 0 Å². The third-order valence-electron chi connectivity index (χ3n) is 3.56. The molecule has 6 heteroatoms. The summed E-state index contributed by atoms with van der Waals surface area (Å²) in [7, 11) is 0. The van der Waals surface area contributed by atoms with Crippen molar-refractivity contribution in [2.45, 2.75) is 38.3 Å². The predicted octanol–water partition coefficient (Wildman–Crippen LogP) is 1.98. The molecule has 0 aromatic heterocycles. The maximum atomic E-state index is 13.2. The minimum absolute atomic E-state index is 0.0333. The van der Waals surface area contributed by atoms with Gasteiger partial charge in [-0.3, -0.25) is 10.1 Å². The van der Waals surface area contributed by atoms with E-state index in [1.54, 1.807) is 0 Å². The molecule has 1 atom stereocenters. The van der Waals surface area contributed by atoms with Gasteiger partial charge in [0.05, 0.1) is 0 Å². The molecule has 3 N–H and O–H groups in total. The zero-order chi connectivity index (χ0) is 15.6. The lowest BCUT2D eigenvalue weighted by molar-refractivity contribution is -0.127. The molecule has 116 valence electrons. The van der Waals surface area contributed by atoms with Crippen molar-refractivity contribution in [1.82, 2.24) is 5.32 Å². The molecule has 1 saturated carbocycles. The highest BCUT2D eigenvalue weighted by Gasteiger charge is 2.50. The van der Waals surface area contributed by atoms with Gasteiger partial charge in [0, 0.05) is 24.2 Å². The number of carbonyl (C=O) groups excluding carboxylic acids is 1. The Kier molecular flexibility index (Phi) is 4.46. The Morgan fingerprint density at radius 1 is 1.38 bits per heavy atom. The van der Waals surface area contributed by atoms with E-state index >= 15 is 0 Å². The van der Waals surface area contributed by atoms with Gasteiger partial charge in [-0.15, -0.1) is 0 Å². The van der Waals surface area contributed by atoms with Crippen molar-refractivity contribution < 1.29 is 18.3 Å². The van der Waals surface area contributed by atoms with Crippen LogP contribution >= 0.6 is 0 Å². The van der Waals surface area contributed by atoms with Gasteiger partial charge in [0.1, 0.15) is 29.5 Å². The van der Waals surface area contributed by atoms with Crippen molar-refractivity contribution in [2.75, 3.05) is 6.61 Å². The number of nitrogens with two attached hydrogens (primary N) is 1. The largest absolute Gasteiger partial charge is 0.491 e. The third kappa shape index (κ3) is 3.69. The van der Waals surface area contributed by atoms with Crippen LogP contribution in [0.5, 0.6) is 5.75 Å². The van der Waals surface area contributed by atoms with Gasteiger partial charge in [0.15, 0.2) is 0 Å². The summed E-state index contributed by atoms with van der Waals surface area (Å²) in [5.74, 6) is -1.81. The molecule has 0 heterocycles. The molecular weight excluding hydrogens is 278 g/mol. The molecule has 0 spiro atoms. The number of hydrogen-bond donors (Lipinski definition) is 2. The monoisotopic (exact) mass is 298 g/mol. The Morgan fingerprint density at radius 3 is 2.38 bits per heavy atom. The molecular formula is C15H20F2N2O2. The van der Waals surface area contributed by atoms with Crippen LogP contribution < -0.4 is 15.8 Å². The summed E-state index contributed by atoms with van der Waals surface area (Å²) in [6.45, 7) is 3.76. The van der Waals surface area contributed by atoms with Crippen molar-refractivity contribution >= 4 is 5.91 Å². The fourth-order valence-electron chi connectivity index (χ4n) is 2.52. The molecule has 1 aliphatic carbocycles. The molecule has 0 aliphatic heterocycles. The second kappa shape index (κ2) is 5.97. The van der Waals surface area contributed by atoms with Gasteiger partial charge in [-0.2, -0.15) is 0 Å². The van der Waals surface area contributed by atoms with Crippen LogP contribution in [0.4, 0.5) is 8.78 Å². The first kappa shape index (κ1) is 15.7. The molecule has 1 aliphatic rings. The Hall–Kier alpha value is -1.69.